The predicted octanol–water partition coefficient (Wildman–Crippen LogP) is 3.02. The monoisotopic (exact) mass is 436 g/mol. The zero-order valence-electron chi connectivity index (χ0n) is 17.6. The number of benzene rings is 1. The molecule has 2 aromatic rings. The lowest BCUT2D eigenvalue weighted by molar-refractivity contribution is -0.136. The molecular weight excluding hydrogens is 412 g/mol. The Morgan fingerprint density at radius 3 is 2.65 bits per heavy atom. The highest BCUT2D eigenvalue weighted by Gasteiger charge is 2.27. The summed E-state index contributed by atoms with van der Waals surface area (Å²) in [5.41, 5.74) is 2.27. The summed E-state index contributed by atoms with van der Waals surface area (Å²) < 4.78 is 0. The molecular formula is C23H24N4O3S. The zero-order valence-corrected chi connectivity index (χ0v) is 18.4. The molecule has 1 aliphatic rings. The number of thiophene rings is 1. The Balaban J connectivity index is 1.66. The van der Waals surface area contributed by atoms with Crippen LogP contribution < -0.4 is 5.32 Å². The number of fused-ring (bicyclic) bond motifs is 1. The van der Waals surface area contributed by atoms with Crippen molar-refractivity contribution >= 4 is 40.1 Å². The average Bonchev–Trinajstić information content (AvgIpc) is 3.12. The topological polar surface area (TPSA) is 93.5 Å². The first-order valence-electron chi connectivity index (χ1n) is 9.95. The summed E-state index contributed by atoms with van der Waals surface area (Å²) in [6.45, 7) is 0.883. The number of hydrogen-bond acceptors (Lipinski definition) is 5. The van der Waals surface area contributed by atoms with Crippen LogP contribution in [0, 0.1) is 11.3 Å². The van der Waals surface area contributed by atoms with Gasteiger partial charge >= 0.3 is 0 Å². The summed E-state index contributed by atoms with van der Waals surface area (Å²) in [5.74, 6) is -0.472. The number of carbonyl (C=O) groups is 3. The predicted molar refractivity (Wildman–Crippen MR) is 120 cm³/mol. The van der Waals surface area contributed by atoms with Crippen LogP contribution in [-0.4, -0.2) is 48.2 Å². The van der Waals surface area contributed by atoms with Crippen LogP contribution in [0.5, 0.6) is 0 Å². The van der Waals surface area contributed by atoms with Crippen LogP contribution in [-0.2, 0) is 27.3 Å². The van der Waals surface area contributed by atoms with Gasteiger partial charge in [-0.1, -0.05) is 30.3 Å². The van der Waals surface area contributed by atoms with Gasteiger partial charge in [-0.15, -0.1) is 11.3 Å². The largest absolute Gasteiger partial charge is 0.349 e. The smallest absolute Gasteiger partial charge is 0.249 e. The molecule has 0 unspecified atom stereocenters. The Kier molecular flexibility index (Phi) is 7.21. The van der Waals surface area contributed by atoms with Gasteiger partial charge in [-0.3, -0.25) is 14.4 Å². The molecule has 0 saturated heterocycles. The fourth-order valence-corrected chi connectivity index (χ4v) is 4.52. The van der Waals surface area contributed by atoms with E-state index >= 15 is 0 Å². The summed E-state index contributed by atoms with van der Waals surface area (Å²) in [6, 6.07) is 11.7. The van der Waals surface area contributed by atoms with E-state index in [0.717, 1.165) is 16.0 Å². The van der Waals surface area contributed by atoms with Crippen LogP contribution in [0.25, 0.3) is 6.08 Å². The molecule has 7 nitrogen and oxygen atoms in total. The number of nitrogens with zero attached hydrogens (tertiary/aromatic N) is 3. The first-order valence-corrected chi connectivity index (χ1v) is 10.8. The van der Waals surface area contributed by atoms with E-state index in [1.54, 1.807) is 25.1 Å². The molecule has 1 aromatic carbocycles. The van der Waals surface area contributed by atoms with Crippen LogP contribution in [0.4, 0.5) is 5.00 Å². The van der Waals surface area contributed by atoms with E-state index in [0.29, 0.717) is 30.1 Å². The molecule has 31 heavy (non-hydrogen) atoms. The fraction of sp³-hybridized carbons (Fsp3) is 0.304. The first kappa shape index (κ1) is 22.2. The second-order valence-corrected chi connectivity index (χ2v) is 8.51. The minimum Gasteiger partial charge on any atom is -0.349 e. The van der Waals surface area contributed by atoms with E-state index in [4.69, 9.17) is 0 Å². The first-order chi connectivity index (χ1) is 14.9. The van der Waals surface area contributed by atoms with Gasteiger partial charge < -0.3 is 15.1 Å². The van der Waals surface area contributed by atoms with E-state index < -0.39 is 0 Å². The normalized spacial score (nSPS) is 12.9. The van der Waals surface area contributed by atoms with Gasteiger partial charge in [0.15, 0.2) is 0 Å². The maximum Gasteiger partial charge on any atom is 0.249 e. The van der Waals surface area contributed by atoms with Gasteiger partial charge in [0.2, 0.25) is 17.7 Å². The second-order valence-electron chi connectivity index (χ2n) is 7.41. The van der Waals surface area contributed by atoms with Crippen molar-refractivity contribution in [3.05, 3.63) is 58.0 Å². The average molecular weight is 437 g/mol. The van der Waals surface area contributed by atoms with Crippen LogP contribution in [0.3, 0.4) is 0 Å². The van der Waals surface area contributed by atoms with Gasteiger partial charge in [0.1, 0.15) is 11.1 Å². The van der Waals surface area contributed by atoms with Crippen LogP contribution in [0.15, 0.2) is 36.4 Å². The van der Waals surface area contributed by atoms with Crippen molar-refractivity contribution in [1.82, 2.24) is 9.80 Å². The van der Waals surface area contributed by atoms with Gasteiger partial charge in [-0.25, -0.2) is 0 Å². The number of anilines is 1. The van der Waals surface area contributed by atoms with Crippen LogP contribution in [0.2, 0.25) is 0 Å². The lowest BCUT2D eigenvalue weighted by Crippen LogP contribution is -2.36. The molecule has 160 valence electrons. The summed E-state index contributed by atoms with van der Waals surface area (Å²) in [6.07, 6.45) is 4.05. The van der Waals surface area contributed by atoms with Crippen molar-refractivity contribution < 1.29 is 14.4 Å². The number of nitriles is 1. The van der Waals surface area contributed by atoms with Gasteiger partial charge in [0, 0.05) is 44.4 Å². The van der Waals surface area contributed by atoms with E-state index in [1.807, 2.05) is 30.3 Å². The van der Waals surface area contributed by atoms with Gasteiger partial charge in [-0.2, -0.15) is 5.26 Å². The highest BCUT2D eigenvalue weighted by atomic mass is 32.1. The molecule has 8 heteroatoms. The molecule has 0 aliphatic carbocycles. The SMILES string of the molecule is CN(C)C(=O)CCC(=O)N1CCc2c(sc(NC(=O)C=Cc3ccccc3)c2C#N)C1. The lowest BCUT2D eigenvalue weighted by atomic mass is 10.0. The van der Waals surface area contributed by atoms with E-state index in [1.165, 1.54) is 22.3 Å². The Bertz CT molecular complexity index is 1050. The second kappa shape index (κ2) is 10.0. The molecule has 0 fully saturated rings. The Hall–Kier alpha value is -3.44. The highest BCUT2D eigenvalue weighted by Crippen LogP contribution is 2.36. The minimum absolute atomic E-state index is 0.0795. The molecule has 0 saturated carbocycles. The van der Waals surface area contributed by atoms with Crippen molar-refractivity contribution in [2.75, 3.05) is 26.0 Å². The molecule has 3 amide bonds. The van der Waals surface area contributed by atoms with Gasteiger partial charge in [0.25, 0.3) is 0 Å². The Morgan fingerprint density at radius 1 is 1.23 bits per heavy atom. The maximum atomic E-state index is 12.5. The Morgan fingerprint density at radius 2 is 1.97 bits per heavy atom. The zero-order chi connectivity index (χ0) is 22.4. The number of amides is 3. The third kappa shape index (κ3) is 5.58. The molecule has 0 atom stereocenters. The number of carbonyl (C=O) groups excluding carboxylic acids is 3. The van der Waals surface area contributed by atoms with Crippen molar-refractivity contribution in [3.63, 3.8) is 0 Å². The van der Waals surface area contributed by atoms with Crippen LogP contribution >= 0.6 is 11.3 Å². The molecule has 3 rings (SSSR count). The third-order valence-corrected chi connectivity index (χ3v) is 6.17. The van der Waals surface area contributed by atoms with Crippen molar-refractivity contribution in [2.45, 2.75) is 25.8 Å². The molecule has 0 spiro atoms. The summed E-state index contributed by atoms with van der Waals surface area (Å²) in [7, 11) is 3.33. The van der Waals surface area contributed by atoms with Crippen molar-refractivity contribution in [3.8, 4) is 6.07 Å². The van der Waals surface area contributed by atoms with Crippen molar-refractivity contribution in [2.24, 2.45) is 0 Å². The quantitative estimate of drug-likeness (QED) is 0.705. The third-order valence-electron chi connectivity index (χ3n) is 5.04. The summed E-state index contributed by atoms with van der Waals surface area (Å²) in [5, 5.41) is 12.9. The van der Waals surface area contributed by atoms with E-state index in [-0.39, 0.29) is 30.6 Å². The Labute approximate surface area is 185 Å². The molecule has 1 N–H and O–H groups in total. The summed E-state index contributed by atoms with van der Waals surface area (Å²) >= 11 is 1.33. The highest BCUT2D eigenvalue weighted by molar-refractivity contribution is 7.16. The number of hydrogen-bond donors (Lipinski definition) is 1. The van der Waals surface area contributed by atoms with Crippen LogP contribution in [0.1, 0.15) is 34.4 Å². The fourth-order valence-electron chi connectivity index (χ4n) is 3.31. The molecule has 2 heterocycles. The minimum atomic E-state index is -0.311. The molecule has 1 aliphatic heterocycles. The molecule has 0 bridgehead atoms. The molecule has 1 aromatic heterocycles. The van der Waals surface area contributed by atoms with Crippen molar-refractivity contribution in [1.29, 1.82) is 5.26 Å². The maximum absolute atomic E-state index is 12.5. The van der Waals surface area contributed by atoms with Gasteiger partial charge in [-0.05, 0) is 23.6 Å². The number of nitrogens with one attached hydrogen (secondary N) is 1. The standard InChI is InChI=1S/C23H24N4O3S/c1-26(2)21(29)10-11-22(30)27-13-12-17-18(14-24)23(31-19(17)15-27)25-20(28)9-8-16-6-4-3-5-7-16/h3-9H,10-13,15H2,1-2H3,(H,25,28). The summed E-state index contributed by atoms with van der Waals surface area (Å²) in [4.78, 5) is 40.7. The van der Waals surface area contributed by atoms with Gasteiger partial charge in [0.05, 0.1) is 12.1 Å². The number of rotatable bonds is 6. The molecule has 0 radical (unpaired) electrons. The van der Waals surface area contributed by atoms with E-state index in [9.17, 15) is 19.6 Å². The lowest BCUT2D eigenvalue weighted by Gasteiger charge is -2.27. The van der Waals surface area contributed by atoms with E-state index in [2.05, 4.69) is 11.4 Å².